The lowest BCUT2D eigenvalue weighted by molar-refractivity contribution is 0.0696. The molecule has 2 atom stereocenters. The van der Waals surface area contributed by atoms with E-state index in [0.717, 1.165) is 73.3 Å². The number of amides is 1. The number of rotatable bonds is 7. The molecule has 1 amide bonds. The highest BCUT2D eigenvalue weighted by Crippen LogP contribution is 2.38. The summed E-state index contributed by atoms with van der Waals surface area (Å²) in [6, 6.07) is 8.50. The van der Waals surface area contributed by atoms with Crippen molar-refractivity contribution in [2.24, 2.45) is 11.3 Å². The monoisotopic (exact) mass is 550 g/mol. The number of aromatic nitrogens is 2. The van der Waals surface area contributed by atoms with Crippen molar-refractivity contribution < 1.29 is 19.8 Å². The fourth-order valence-electron chi connectivity index (χ4n) is 5.73. The number of hydrogen-bond donors (Lipinski definition) is 3. The van der Waals surface area contributed by atoms with E-state index < -0.39 is 5.97 Å². The van der Waals surface area contributed by atoms with E-state index in [-0.39, 0.29) is 29.0 Å². The van der Waals surface area contributed by atoms with E-state index in [2.05, 4.69) is 42.0 Å². The number of aryl methyl sites for hydroxylation is 1. The third-order valence-corrected chi connectivity index (χ3v) is 9.26. The van der Waals surface area contributed by atoms with Crippen molar-refractivity contribution in [1.29, 1.82) is 0 Å². The van der Waals surface area contributed by atoms with E-state index in [1.54, 1.807) is 18.2 Å². The van der Waals surface area contributed by atoms with E-state index in [1.807, 2.05) is 6.07 Å². The summed E-state index contributed by atoms with van der Waals surface area (Å²) in [7, 11) is 0. The number of aliphatic hydroxyl groups is 1. The molecular formula is C30H38N4O4S. The zero-order valence-corrected chi connectivity index (χ0v) is 23.8. The van der Waals surface area contributed by atoms with Gasteiger partial charge in [0.2, 0.25) is 0 Å². The molecule has 1 aromatic carbocycles. The molecule has 2 aromatic heterocycles. The largest absolute Gasteiger partial charge is 0.478 e. The van der Waals surface area contributed by atoms with Crippen LogP contribution in [-0.2, 0) is 12.8 Å². The van der Waals surface area contributed by atoms with Gasteiger partial charge in [0.05, 0.1) is 17.7 Å². The Morgan fingerprint density at radius 3 is 2.64 bits per heavy atom. The van der Waals surface area contributed by atoms with Gasteiger partial charge in [0.15, 0.2) is 5.01 Å². The lowest BCUT2D eigenvalue weighted by Crippen LogP contribution is -2.38. The second-order valence-electron chi connectivity index (χ2n) is 12.1. The highest BCUT2D eigenvalue weighted by Gasteiger charge is 2.30. The molecule has 0 radical (unpaired) electrons. The molecule has 3 heterocycles. The number of pyridine rings is 1. The Kier molecular flexibility index (Phi) is 8.03. The zero-order chi connectivity index (χ0) is 27.7. The number of carbonyl (C=O) groups excluding carboxylic acids is 1. The summed E-state index contributed by atoms with van der Waals surface area (Å²) in [6.45, 7) is 9.21. The highest BCUT2D eigenvalue weighted by molar-refractivity contribution is 7.19. The first kappa shape index (κ1) is 27.7. The Morgan fingerprint density at radius 1 is 1.15 bits per heavy atom. The maximum Gasteiger partial charge on any atom is 0.335 e. The van der Waals surface area contributed by atoms with E-state index in [4.69, 9.17) is 4.98 Å². The van der Waals surface area contributed by atoms with Crippen molar-refractivity contribution in [2.75, 3.05) is 19.6 Å². The predicted octanol–water partition coefficient (Wildman–Crippen LogP) is 4.86. The standard InChI is InChI=1S/C30H38N4O4S/c1-30(2,3)21-7-8-23-20(16-21)17-25-27(32-23)39-28(33-25)26(36)31-24(11-14-34-12-9-22(35)10-13-34)18-5-4-6-19(15-18)29(37)38/h4-6,15,17,21-22,24,35H,7-14,16H2,1-3H3,(H,31,36)(H,37,38)/t21?,24-/m1/s1. The van der Waals surface area contributed by atoms with E-state index in [1.165, 1.54) is 16.9 Å². The minimum atomic E-state index is -0.998. The molecular weight excluding hydrogens is 512 g/mol. The average Bonchev–Trinajstić information content (AvgIpc) is 3.32. The van der Waals surface area contributed by atoms with Gasteiger partial charge < -0.3 is 20.4 Å². The van der Waals surface area contributed by atoms with Gasteiger partial charge in [-0.05, 0) is 79.2 Å². The molecule has 2 aliphatic rings. The number of thiazole rings is 1. The van der Waals surface area contributed by atoms with Gasteiger partial charge in [0.25, 0.3) is 5.91 Å². The van der Waals surface area contributed by atoms with Crippen LogP contribution in [0.4, 0.5) is 0 Å². The summed E-state index contributed by atoms with van der Waals surface area (Å²) in [5.74, 6) is -0.679. The smallest absolute Gasteiger partial charge is 0.335 e. The van der Waals surface area contributed by atoms with Crippen molar-refractivity contribution >= 4 is 33.6 Å². The normalized spacial score (nSPS) is 19.5. The number of carboxylic acids is 1. The number of carboxylic acid groups (broad SMARTS) is 1. The molecule has 3 N–H and O–H groups in total. The third-order valence-electron chi connectivity index (χ3n) is 8.30. The first-order chi connectivity index (χ1) is 18.6. The molecule has 208 valence electrons. The number of aromatic carboxylic acids is 1. The van der Waals surface area contributed by atoms with E-state index >= 15 is 0 Å². The Labute approximate surface area is 233 Å². The molecule has 39 heavy (non-hydrogen) atoms. The number of hydrogen-bond acceptors (Lipinski definition) is 7. The van der Waals surface area contributed by atoms with Gasteiger partial charge in [-0.1, -0.05) is 44.2 Å². The number of nitrogens with one attached hydrogen (secondary N) is 1. The van der Waals surface area contributed by atoms with Crippen LogP contribution in [0.1, 0.15) is 89.5 Å². The van der Waals surface area contributed by atoms with Gasteiger partial charge in [-0.2, -0.15) is 0 Å². The maximum atomic E-state index is 13.5. The van der Waals surface area contributed by atoms with Crippen LogP contribution in [-0.4, -0.2) is 62.7 Å². The van der Waals surface area contributed by atoms with Crippen LogP contribution < -0.4 is 5.32 Å². The van der Waals surface area contributed by atoms with Crippen LogP contribution in [0.2, 0.25) is 0 Å². The van der Waals surface area contributed by atoms with E-state index in [0.29, 0.717) is 17.3 Å². The summed E-state index contributed by atoms with van der Waals surface area (Å²) < 4.78 is 0. The van der Waals surface area contributed by atoms with Gasteiger partial charge in [-0.25, -0.2) is 14.8 Å². The van der Waals surface area contributed by atoms with Gasteiger partial charge in [-0.3, -0.25) is 4.79 Å². The molecule has 0 spiro atoms. The zero-order valence-electron chi connectivity index (χ0n) is 22.9. The lowest BCUT2D eigenvalue weighted by atomic mass is 9.71. The Morgan fingerprint density at radius 2 is 1.92 bits per heavy atom. The van der Waals surface area contributed by atoms with Gasteiger partial charge in [-0.15, -0.1) is 0 Å². The second kappa shape index (κ2) is 11.3. The molecule has 1 saturated heterocycles. The maximum absolute atomic E-state index is 13.5. The van der Waals surface area contributed by atoms with Crippen molar-refractivity contribution in [1.82, 2.24) is 20.2 Å². The summed E-state index contributed by atoms with van der Waals surface area (Å²) in [5.41, 5.74) is 4.30. The molecule has 0 saturated carbocycles. The van der Waals surface area contributed by atoms with Crippen molar-refractivity contribution in [3.05, 3.63) is 57.7 Å². The molecule has 9 heteroatoms. The molecule has 1 fully saturated rings. The molecule has 5 rings (SSSR count). The molecule has 1 unspecified atom stereocenters. The number of carbonyl (C=O) groups is 2. The summed E-state index contributed by atoms with van der Waals surface area (Å²) in [5, 5.41) is 22.8. The SMILES string of the molecule is CC(C)(C)C1CCc2nc3sc(C(=O)N[C@H](CCN4CCC(O)CC4)c4cccc(C(=O)O)c4)nc3cc2C1. The van der Waals surface area contributed by atoms with Crippen LogP contribution in [0.3, 0.4) is 0 Å². The molecule has 8 nitrogen and oxygen atoms in total. The van der Waals surface area contributed by atoms with Gasteiger partial charge >= 0.3 is 5.97 Å². The van der Waals surface area contributed by atoms with Gasteiger partial charge in [0.1, 0.15) is 10.3 Å². The number of likely N-dealkylation sites (tertiary alicyclic amines) is 1. The van der Waals surface area contributed by atoms with Crippen molar-refractivity contribution in [3.8, 4) is 0 Å². The number of piperidine rings is 1. The van der Waals surface area contributed by atoms with Crippen molar-refractivity contribution in [3.63, 3.8) is 0 Å². The second-order valence-corrected chi connectivity index (χ2v) is 13.0. The first-order valence-corrected chi connectivity index (χ1v) is 14.7. The summed E-state index contributed by atoms with van der Waals surface area (Å²) in [4.78, 5) is 37.7. The summed E-state index contributed by atoms with van der Waals surface area (Å²) >= 11 is 1.31. The van der Waals surface area contributed by atoms with Gasteiger partial charge in [0, 0.05) is 25.3 Å². The number of nitrogens with zero attached hydrogens (tertiary/aromatic N) is 3. The topological polar surface area (TPSA) is 116 Å². The first-order valence-electron chi connectivity index (χ1n) is 13.9. The molecule has 3 aromatic rings. The number of benzene rings is 1. The fourth-order valence-corrected chi connectivity index (χ4v) is 6.58. The number of aliphatic hydroxyl groups excluding tert-OH is 1. The molecule has 0 bridgehead atoms. The van der Waals surface area contributed by atoms with Crippen LogP contribution >= 0.6 is 11.3 Å². The molecule has 1 aliphatic carbocycles. The average molecular weight is 551 g/mol. The van der Waals surface area contributed by atoms with Crippen molar-refractivity contribution in [2.45, 2.75) is 71.4 Å². The van der Waals surface area contributed by atoms with E-state index in [9.17, 15) is 19.8 Å². The molecule has 1 aliphatic heterocycles. The minimum Gasteiger partial charge on any atom is -0.478 e. The number of fused-ring (bicyclic) bond motifs is 2. The highest BCUT2D eigenvalue weighted by atomic mass is 32.1. The van der Waals surface area contributed by atoms with Crippen LogP contribution in [0.5, 0.6) is 0 Å². The van der Waals surface area contributed by atoms with Crippen LogP contribution in [0, 0.1) is 11.3 Å². The lowest BCUT2D eigenvalue weighted by Gasteiger charge is -2.34. The van der Waals surface area contributed by atoms with Crippen LogP contribution in [0.25, 0.3) is 10.3 Å². The third kappa shape index (κ3) is 6.48. The fraction of sp³-hybridized carbons (Fsp3) is 0.533. The summed E-state index contributed by atoms with van der Waals surface area (Å²) in [6.07, 6.45) is 4.90. The quantitative estimate of drug-likeness (QED) is 0.385. The Hall–Kier alpha value is -2.88. The predicted molar refractivity (Wildman–Crippen MR) is 152 cm³/mol. The Bertz CT molecular complexity index is 1360. The minimum absolute atomic E-state index is 0.191. The Balaban J connectivity index is 1.35. The van der Waals surface area contributed by atoms with Crippen LogP contribution in [0.15, 0.2) is 30.3 Å².